The lowest BCUT2D eigenvalue weighted by Crippen LogP contribution is -2.20. The zero-order chi connectivity index (χ0) is 26.9. The van der Waals surface area contributed by atoms with E-state index in [1.165, 1.54) is 49.6 Å². The van der Waals surface area contributed by atoms with Gasteiger partial charge in [-0.15, -0.1) is 0 Å². The van der Waals surface area contributed by atoms with Crippen LogP contribution in [0.5, 0.6) is 0 Å². The van der Waals surface area contributed by atoms with Crippen LogP contribution in [0, 0.1) is 6.92 Å². The molecule has 0 bridgehead atoms. The van der Waals surface area contributed by atoms with Crippen LogP contribution in [0.2, 0.25) is 0 Å². The maximum atomic E-state index is 4.44. The number of benzene rings is 4. The normalized spacial score (nSPS) is 16.3. The lowest BCUT2D eigenvalue weighted by Gasteiger charge is -2.29. The van der Waals surface area contributed by atoms with Gasteiger partial charge < -0.3 is 5.32 Å². The third-order valence-electron chi connectivity index (χ3n) is 8.07. The van der Waals surface area contributed by atoms with Crippen molar-refractivity contribution in [2.24, 2.45) is 0 Å². The molecule has 1 aliphatic rings. The molecule has 1 heterocycles. The van der Waals surface area contributed by atoms with Gasteiger partial charge >= 0.3 is 0 Å². The Kier molecular flexibility index (Phi) is 6.71. The summed E-state index contributed by atoms with van der Waals surface area (Å²) in [7, 11) is 0. The zero-order valence-electron chi connectivity index (χ0n) is 23.2. The van der Waals surface area contributed by atoms with Crippen LogP contribution in [-0.2, 0) is 10.8 Å². The number of nitrogens with one attached hydrogen (secondary N) is 1. The molecule has 0 saturated carbocycles. The second kappa shape index (κ2) is 9.99. The fourth-order valence-corrected chi connectivity index (χ4v) is 5.83. The Morgan fingerprint density at radius 3 is 2.13 bits per heavy atom. The minimum Gasteiger partial charge on any atom is -0.358 e. The van der Waals surface area contributed by atoms with Crippen molar-refractivity contribution in [2.45, 2.75) is 45.4 Å². The zero-order valence-corrected chi connectivity index (χ0v) is 23.2. The van der Waals surface area contributed by atoms with Gasteiger partial charge in [-0.3, -0.25) is 0 Å². The third kappa shape index (κ3) is 4.54. The van der Waals surface area contributed by atoms with Crippen LogP contribution in [-0.4, -0.2) is 0 Å². The Morgan fingerprint density at radius 1 is 0.763 bits per heavy atom. The van der Waals surface area contributed by atoms with Gasteiger partial charge in [0.05, 0.1) is 0 Å². The molecule has 0 aromatic heterocycles. The van der Waals surface area contributed by atoms with Crippen LogP contribution in [0.3, 0.4) is 0 Å². The summed E-state index contributed by atoms with van der Waals surface area (Å²) < 4.78 is 0. The molecule has 1 N–H and O–H groups in total. The molecule has 0 fully saturated rings. The van der Waals surface area contributed by atoms with Crippen molar-refractivity contribution in [1.29, 1.82) is 0 Å². The Morgan fingerprint density at radius 2 is 1.37 bits per heavy atom. The van der Waals surface area contributed by atoms with Gasteiger partial charge in [-0.05, 0) is 62.9 Å². The Bertz CT molecular complexity index is 1650. The van der Waals surface area contributed by atoms with Crippen molar-refractivity contribution in [1.82, 2.24) is 0 Å². The quantitative estimate of drug-likeness (QED) is 0.262. The molecule has 38 heavy (non-hydrogen) atoms. The van der Waals surface area contributed by atoms with Crippen LogP contribution in [0.4, 0.5) is 5.69 Å². The topological polar surface area (TPSA) is 12.0 Å². The van der Waals surface area contributed by atoms with Gasteiger partial charge in [0, 0.05) is 22.2 Å². The van der Waals surface area contributed by atoms with Gasteiger partial charge in [0.2, 0.25) is 0 Å². The molecular formula is C37H37N. The number of aryl methyl sites for hydroxylation is 1. The Labute approximate surface area is 227 Å². The highest BCUT2D eigenvalue weighted by molar-refractivity contribution is 5.94. The summed E-state index contributed by atoms with van der Waals surface area (Å²) >= 11 is 0. The summed E-state index contributed by atoms with van der Waals surface area (Å²) in [5.41, 5.74) is 7.28. The highest BCUT2D eigenvalue weighted by atomic mass is 15.0. The molecular weight excluding hydrogens is 458 g/mol. The third-order valence-corrected chi connectivity index (χ3v) is 8.07. The average Bonchev–Trinajstić information content (AvgIpc) is 3.17. The Balaban J connectivity index is 1.28. The molecule has 4 aromatic carbocycles. The first-order valence-electron chi connectivity index (χ1n) is 13.4. The monoisotopic (exact) mass is 495 g/mol. The number of hydrogen-bond donors (Lipinski definition) is 1. The minimum atomic E-state index is -0.172. The molecule has 1 nitrogen and oxygen atoms in total. The molecule has 5 rings (SSSR count). The minimum absolute atomic E-state index is 0.0762. The molecule has 4 aromatic rings. The summed E-state index contributed by atoms with van der Waals surface area (Å²) in [6, 6.07) is 26.1. The lowest BCUT2D eigenvalue weighted by molar-refractivity contribution is 0.643. The van der Waals surface area contributed by atoms with E-state index < -0.39 is 0 Å². The number of fused-ring (bicyclic) bond motifs is 4. The van der Waals surface area contributed by atoms with Crippen LogP contribution in [0.25, 0.3) is 21.5 Å². The summed E-state index contributed by atoms with van der Waals surface area (Å²) in [5, 5.41) is 8.82. The first kappa shape index (κ1) is 25.5. The molecule has 190 valence electrons. The van der Waals surface area contributed by atoms with E-state index >= 15 is 0 Å². The van der Waals surface area contributed by atoms with Gasteiger partial charge in [-0.1, -0.05) is 137 Å². The molecule has 0 spiro atoms. The second-order valence-corrected chi connectivity index (χ2v) is 11.3. The smallest absolute Gasteiger partial charge is 0.0430 e. The largest absolute Gasteiger partial charge is 0.358 e. The summed E-state index contributed by atoms with van der Waals surface area (Å²) in [6.45, 7) is 15.8. The molecule has 0 unspecified atom stereocenters. The molecule has 1 heteroatoms. The predicted molar refractivity (Wildman–Crippen MR) is 167 cm³/mol. The maximum Gasteiger partial charge on any atom is 0.0430 e. The molecule has 0 aliphatic carbocycles. The van der Waals surface area contributed by atoms with E-state index in [0.717, 1.165) is 5.57 Å². The van der Waals surface area contributed by atoms with Crippen molar-refractivity contribution in [3.05, 3.63) is 150 Å². The predicted octanol–water partition coefficient (Wildman–Crippen LogP) is 10.1. The number of allylic oxidation sites excluding steroid dienone is 9. The standard InChI is InChI=1S/C37H37N/c1-26-22-23-28-17-12-14-19-30(28)34(26)36(3,4)27(2)16-10-8-7-9-11-21-33-37(5,6)35-31-20-15-13-18-29(31)24-25-32(35)38-33/h7-25,38H,2H2,1,3-6H3/b8-7+,11-9+,16-10+,33-21+. The van der Waals surface area contributed by atoms with Crippen molar-refractivity contribution in [3.8, 4) is 0 Å². The molecule has 0 amide bonds. The molecule has 0 atom stereocenters. The van der Waals surface area contributed by atoms with Crippen molar-refractivity contribution >= 4 is 27.2 Å². The molecule has 0 radical (unpaired) electrons. The summed E-state index contributed by atoms with van der Waals surface area (Å²) in [5.74, 6) is 0. The molecule has 1 aliphatic heterocycles. The fraction of sp³-hybridized carbons (Fsp3) is 0.189. The van der Waals surface area contributed by atoms with Crippen LogP contribution < -0.4 is 5.32 Å². The van der Waals surface area contributed by atoms with E-state index in [4.69, 9.17) is 0 Å². The van der Waals surface area contributed by atoms with E-state index in [-0.39, 0.29) is 10.8 Å². The van der Waals surface area contributed by atoms with E-state index in [1.807, 2.05) is 0 Å². The number of anilines is 1. The van der Waals surface area contributed by atoms with E-state index in [0.29, 0.717) is 0 Å². The van der Waals surface area contributed by atoms with Crippen molar-refractivity contribution < 1.29 is 0 Å². The first-order valence-corrected chi connectivity index (χ1v) is 13.4. The Hall–Kier alpha value is -4.10. The first-order chi connectivity index (χ1) is 18.2. The van der Waals surface area contributed by atoms with Gasteiger partial charge in [0.1, 0.15) is 0 Å². The maximum absolute atomic E-state index is 4.44. The van der Waals surface area contributed by atoms with Crippen LogP contribution in [0.1, 0.15) is 44.4 Å². The number of rotatable bonds is 6. The average molecular weight is 496 g/mol. The van der Waals surface area contributed by atoms with Gasteiger partial charge in [-0.2, -0.15) is 0 Å². The highest BCUT2D eigenvalue weighted by Gasteiger charge is 2.35. The number of hydrogen-bond acceptors (Lipinski definition) is 1. The van der Waals surface area contributed by atoms with E-state index in [9.17, 15) is 0 Å². The van der Waals surface area contributed by atoms with Gasteiger partial charge in [0.15, 0.2) is 0 Å². The van der Waals surface area contributed by atoms with E-state index in [2.05, 4.69) is 162 Å². The van der Waals surface area contributed by atoms with Crippen molar-refractivity contribution in [2.75, 3.05) is 5.32 Å². The SMILES string of the molecule is C=C(/C=C/C=C/C=C/C=C1/Nc2ccc3ccccc3c2C1(C)C)C(C)(C)c1c(C)ccc2ccccc12. The lowest BCUT2D eigenvalue weighted by atomic mass is 9.74. The highest BCUT2D eigenvalue weighted by Crippen LogP contribution is 2.46. The summed E-state index contributed by atoms with van der Waals surface area (Å²) in [6.07, 6.45) is 14.7. The summed E-state index contributed by atoms with van der Waals surface area (Å²) in [4.78, 5) is 0. The molecule has 0 saturated heterocycles. The fourth-order valence-electron chi connectivity index (χ4n) is 5.83. The van der Waals surface area contributed by atoms with Gasteiger partial charge in [0.25, 0.3) is 0 Å². The van der Waals surface area contributed by atoms with E-state index in [1.54, 1.807) is 0 Å². The van der Waals surface area contributed by atoms with Crippen molar-refractivity contribution in [3.63, 3.8) is 0 Å². The van der Waals surface area contributed by atoms with Gasteiger partial charge in [-0.25, -0.2) is 0 Å². The van der Waals surface area contributed by atoms with Crippen LogP contribution >= 0.6 is 0 Å². The second-order valence-electron chi connectivity index (χ2n) is 11.3. The van der Waals surface area contributed by atoms with Crippen LogP contribution in [0.15, 0.2) is 133 Å².